The lowest BCUT2D eigenvalue weighted by atomic mass is 10.1. The van der Waals surface area contributed by atoms with Gasteiger partial charge in [-0.15, -0.1) is 0 Å². The Morgan fingerprint density at radius 2 is 1.94 bits per heavy atom. The summed E-state index contributed by atoms with van der Waals surface area (Å²) in [6, 6.07) is 2.28. The van der Waals surface area contributed by atoms with Gasteiger partial charge in [0.05, 0.1) is 12.7 Å². The van der Waals surface area contributed by atoms with E-state index in [2.05, 4.69) is 25.2 Å². The van der Waals surface area contributed by atoms with Gasteiger partial charge in [0.15, 0.2) is 0 Å². The zero-order valence-electron chi connectivity index (χ0n) is 11.0. The maximum absolute atomic E-state index is 9.06. The average molecular weight is 226 g/mol. The normalized spacial score (nSPS) is 14.4. The Morgan fingerprint density at radius 1 is 1.19 bits per heavy atom. The molecule has 16 heavy (non-hydrogen) atoms. The largest absolute Gasteiger partial charge is 0.378 e. The first-order valence-electron chi connectivity index (χ1n) is 6.42. The van der Waals surface area contributed by atoms with E-state index >= 15 is 0 Å². The van der Waals surface area contributed by atoms with Crippen molar-refractivity contribution in [1.82, 2.24) is 5.32 Å². The Morgan fingerprint density at radius 3 is 2.50 bits per heavy atom. The summed E-state index contributed by atoms with van der Waals surface area (Å²) in [5.41, 5.74) is -0.527. The molecule has 0 bridgehead atoms. The Hall–Kier alpha value is -0.590. The van der Waals surface area contributed by atoms with Gasteiger partial charge in [0, 0.05) is 6.61 Å². The topological polar surface area (TPSA) is 45.0 Å². The fourth-order valence-corrected chi connectivity index (χ4v) is 1.43. The standard InChI is InChI=1S/C13H26N2O/c1-4-6-7-8-10-16-12-13(3,11-14)15-9-5-2/h15H,4-10,12H2,1-3H3. The van der Waals surface area contributed by atoms with E-state index < -0.39 is 5.54 Å². The van der Waals surface area contributed by atoms with Crippen molar-refractivity contribution in [2.75, 3.05) is 19.8 Å². The van der Waals surface area contributed by atoms with Crippen LogP contribution in [0.25, 0.3) is 0 Å². The molecule has 0 saturated carbocycles. The van der Waals surface area contributed by atoms with Crippen molar-refractivity contribution in [3.63, 3.8) is 0 Å². The summed E-state index contributed by atoms with van der Waals surface area (Å²) in [5, 5.41) is 12.3. The second kappa shape index (κ2) is 9.62. The van der Waals surface area contributed by atoms with Gasteiger partial charge in [0.25, 0.3) is 0 Å². The predicted molar refractivity (Wildman–Crippen MR) is 67.3 cm³/mol. The van der Waals surface area contributed by atoms with E-state index in [1.165, 1.54) is 19.3 Å². The van der Waals surface area contributed by atoms with Crippen molar-refractivity contribution in [3.05, 3.63) is 0 Å². The lowest BCUT2D eigenvalue weighted by molar-refractivity contribution is 0.0923. The summed E-state index contributed by atoms with van der Waals surface area (Å²) in [5.74, 6) is 0. The summed E-state index contributed by atoms with van der Waals surface area (Å²) in [4.78, 5) is 0. The van der Waals surface area contributed by atoms with Crippen LogP contribution in [0.3, 0.4) is 0 Å². The minimum absolute atomic E-state index is 0.482. The van der Waals surface area contributed by atoms with E-state index in [-0.39, 0.29) is 0 Å². The van der Waals surface area contributed by atoms with Crippen LogP contribution < -0.4 is 5.32 Å². The lowest BCUT2D eigenvalue weighted by Crippen LogP contribution is -2.45. The maximum Gasteiger partial charge on any atom is 0.127 e. The van der Waals surface area contributed by atoms with Crippen molar-refractivity contribution in [3.8, 4) is 6.07 Å². The van der Waals surface area contributed by atoms with Crippen LogP contribution in [0, 0.1) is 11.3 Å². The lowest BCUT2D eigenvalue weighted by Gasteiger charge is -2.22. The fraction of sp³-hybridized carbons (Fsp3) is 0.923. The van der Waals surface area contributed by atoms with Crippen LogP contribution in [0.4, 0.5) is 0 Å². The maximum atomic E-state index is 9.06. The van der Waals surface area contributed by atoms with E-state index in [9.17, 15) is 0 Å². The molecule has 3 heteroatoms. The first-order chi connectivity index (χ1) is 7.68. The molecule has 3 nitrogen and oxygen atoms in total. The number of hydrogen-bond donors (Lipinski definition) is 1. The molecule has 0 aromatic heterocycles. The van der Waals surface area contributed by atoms with E-state index in [1.807, 2.05) is 6.92 Å². The molecule has 0 aromatic carbocycles. The highest BCUT2D eigenvalue weighted by Gasteiger charge is 2.22. The van der Waals surface area contributed by atoms with Gasteiger partial charge in [0.1, 0.15) is 5.54 Å². The molecule has 1 atom stereocenters. The third-order valence-corrected chi connectivity index (χ3v) is 2.54. The van der Waals surface area contributed by atoms with Crippen LogP contribution >= 0.6 is 0 Å². The minimum atomic E-state index is -0.527. The molecule has 0 aliphatic heterocycles. The molecule has 0 spiro atoms. The van der Waals surface area contributed by atoms with Gasteiger partial charge in [-0.05, 0) is 26.3 Å². The summed E-state index contributed by atoms with van der Waals surface area (Å²) in [7, 11) is 0. The summed E-state index contributed by atoms with van der Waals surface area (Å²) in [6.07, 6.45) is 5.87. The van der Waals surface area contributed by atoms with Crippen LogP contribution in [0.5, 0.6) is 0 Å². The molecule has 0 aromatic rings. The Balaban J connectivity index is 3.58. The summed E-state index contributed by atoms with van der Waals surface area (Å²) < 4.78 is 5.55. The third kappa shape index (κ3) is 7.67. The van der Waals surface area contributed by atoms with Crippen molar-refractivity contribution in [2.45, 2.75) is 58.4 Å². The SMILES string of the molecule is CCCCCCOCC(C)(C#N)NCCC. The summed E-state index contributed by atoms with van der Waals surface area (Å²) >= 11 is 0. The van der Waals surface area contributed by atoms with Crippen molar-refractivity contribution in [1.29, 1.82) is 5.26 Å². The number of nitriles is 1. The van der Waals surface area contributed by atoms with Gasteiger partial charge >= 0.3 is 0 Å². The molecule has 0 radical (unpaired) electrons. The third-order valence-electron chi connectivity index (χ3n) is 2.54. The molecule has 1 unspecified atom stereocenters. The van der Waals surface area contributed by atoms with E-state index in [0.29, 0.717) is 6.61 Å². The van der Waals surface area contributed by atoms with E-state index in [0.717, 1.165) is 26.0 Å². The van der Waals surface area contributed by atoms with Gasteiger partial charge < -0.3 is 4.74 Å². The molecule has 0 aliphatic rings. The molecule has 0 amide bonds. The van der Waals surface area contributed by atoms with Gasteiger partial charge in [-0.1, -0.05) is 33.1 Å². The molecular weight excluding hydrogens is 200 g/mol. The minimum Gasteiger partial charge on any atom is -0.378 e. The van der Waals surface area contributed by atoms with Crippen LogP contribution in [-0.2, 0) is 4.74 Å². The molecule has 1 N–H and O–H groups in total. The molecule has 0 heterocycles. The first kappa shape index (κ1) is 15.4. The quantitative estimate of drug-likeness (QED) is 0.583. The molecule has 0 aliphatic carbocycles. The highest BCUT2D eigenvalue weighted by Crippen LogP contribution is 2.05. The number of hydrogen-bond acceptors (Lipinski definition) is 3. The monoisotopic (exact) mass is 226 g/mol. The van der Waals surface area contributed by atoms with Crippen molar-refractivity contribution < 1.29 is 4.74 Å². The molecule has 0 fully saturated rings. The van der Waals surface area contributed by atoms with Crippen LogP contribution in [0.2, 0.25) is 0 Å². The number of ether oxygens (including phenoxy) is 1. The number of rotatable bonds is 10. The Labute approximate surface area is 100 Å². The van der Waals surface area contributed by atoms with E-state index in [1.54, 1.807) is 0 Å². The Bertz CT molecular complexity index is 201. The fourth-order valence-electron chi connectivity index (χ4n) is 1.43. The zero-order chi connectivity index (χ0) is 12.3. The number of unbranched alkanes of at least 4 members (excludes halogenated alkanes) is 3. The highest BCUT2D eigenvalue weighted by molar-refractivity contribution is 5.03. The number of nitrogens with one attached hydrogen (secondary N) is 1. The van der Waals surface area contributed by atoms with Gasteiger partial charge in [-0.2, -0.15) is 5.26 Å². The highest BCUT2D eigenvalue weighted by atomic mass is 16.5. The molecule has 0 saturated heterocycles. The zero-order valence-corrected chi connectivity index (χ0v) is 11.0. The number of nitrogens with zero attached hydrogens (tertiary/aromatic N) is 1. The van der Waals surface area contributed by atoms with Crippen LogP contribution in [0.1, 0.15) is 52.9 Å². The summed E-state index contributed by atoms with van der Waals surface area (Å²) in [6.45, 7) is 8.30. The van der Waals surface area contributed by atoms with Crippen molar-refractivity contribution in [2.24, 2.45) is 0 Å². The molecule has 0 rings (SSSR count). The second-order valence-electron chi connectivity index (χ2n) is 4.48. The van der Waals surface area contributed by atoms with Crippen LogP contribution in [-0.4, -0.2) is 25.3 Å². The van der Waals surface area contributed by atoms with Crippen LogP contribution in [0.15, 0.2) is 0 Å². The van der Waals surface area contributed by atoms with Gasteiger partial charge in [-0.25, -0.2) is 0 Å². The second-order valence-corrected chi connectivity index (χ2v) is 4.48. The van der Waals surface area contributed by atoms with Gasteiger partial charge in [-0.3, -0.25) is 5.32 Å². The average Bonchev–Trinajstić information content (AvgIpc) is 2.31. The first-order valence-corrected chi connectivity index (χ1v) is 6.42. The predicted octanol–water partition coefficient (Wildman–Crippen LogP) is 2.87. The molecular formula is C13H26N2O. The Kier molecular flexibility index (Phi) is 9.27. The smallest absolute Gasteiger partial charge is 0.127 e. The molecule has 94 valence electrons. The van der Waals surface area contributed by atoms with E-state index in [4.69, 9.17) is 10.00 Å². The van der Waals surface area contributed by atoms with Gasteiger partial charge in [0.2, 0.25) is 0 Å². The van der Waals surface area contributed by atoms with Crippen molar-refractivity contribution >= 4 is 0 Å².